The molecule has 0 spiro atoms. The molecule has 3 aromatic rings. The van der Waals surface area contributed by atoms with E-state index in [-0.39, 0.29) is 21.7 Å². The summed E-state index contributed by atoms with van der Waals surface area (Å²) in [7, 11) is -4.01. The first-order chi connectivity index (χ1) is 10.9. The molecule has 23 heavy (non-hydrogen) atoms. The van der Waals surface area contributed by atoms with Crippen molar-refractivity contribution in [2.24, 2.45) is 0 Å². The number of anilines is 1. The maximum atomic E-state index is 12.6. The molecule has 0 aliphatic rings. The Morgan fingerprint density at radius 3 is 2.74 bits per heavy atom. The van der Waals surface area contributed by atoms with E-state index in [9.17, 15) is 18.3 Å². The van der Waals surface area contributed by atoms with Gasteiger partial charge in [0.25, 0.3) is 10.0 Å². The molecule has 3 rings (SSSR count). The van der Waals surface area contributed by atoms with Crippen molar-refractivity contribution in [1.82, 2.24) is 8.75 Å². The minimum absolute atomic E-state index is 0.0351. The normalized spacial score (nSPS) is 11.5. The van der Waals surface area contributed by atoms with Gasteiger partial charge in [0, 0.05) is 4.47 Å². The Hall–Kier alpha value is -2.04. The number of halogens is 1. The van der Waals surface area contributed by atoms with Crippen LogP contribution in [0.3, 0.4) is 0 Å². The van der Waals surface area contributed by atoms with Gasteiger partial charge < -0.3 is 5.11 Å². The van der Waals surface area contributed by atoms with Crippen LogP contribution in [-0.4, -0.2) is 28.2 Å². The van der Waals surface area contributed by atoms with Crippen LogP contribution in [0.4, 0.5) is 5.69 Å². The molecule has 0 fully saturated rings. The summed E-state index contributed by atoms with van der Waals surface area (Å²) in [5.41, 5.74) is 0.523. The lowest BCUT2D eigenvalue weighted by atomic mass is 10.2. The van der Waals surface area contributed by atoms with Gasteiger partial charge in [-0.3, -0.25) is 4.72 Å². The van der Waals surface area contributed by atoms with Crippen molar-refractivity contribution in [3.8, 4) is 0 Å². The van der Waals surface area contributed by atoms with Crippen LogP contribution < -0.4 is 4.72 Å². The van der Waals surface area contributed by atoms with Gasteiger partial charge in [-0.2, -0.15) is 8.75 Å². The molecule has 0 aliphatic heterocycles. The summed E-state index contributed by atoms with van der Waals surface area (Å²) in [5, 5.41) is 9.19. The molecule has 0 saturated carbocycles. The summed E-state index contributed by atoms with van der Waals surface area (Å²) in [6.07, 6.45) is 0. The van der Waals surface area contributed by atoms with Gasteiger partial charge in [-0.1, -0.05) is 22.0 Å². The SMILES string of the molecule is O=C(O)c1ccc(Br)cc1NS(=O)(=O)c1cccc2nsnc12. The average Bonchev–Trinajstić information content (AvgIpc) is 2.94. The number of hydrogen-bond acceptors (Lipinski definition) is 6. The number of carboxylic acid groups (broad SMARTS) is 1. The summed E-state index contributed by atoms with van der Waals surface area (Å²) in [4.78, 5) is 11.2. The Labute approximate surface area is 143 Å². The van der Waals surface area contributed by atoms with E-state index in [0.29, 0.717) is 9.99 Å². The molecule has 10 heteroatoms. The highest BCUT2D eigenvalue weighted by atomic mass is 79.9. The molecule has 118 valence electrons. The number of benzene rings is 2. The van der Waals surface area contributed by atoms with E-state index in [2.05, 4.69) is 29.4 Å². The van der Waals surface area contributed by atoms with Crippen LogP contribution in [0.2, 0.25) is 0 Å². The minimum Gasteiger partial charge on any atom is -0.478 e. The van der Waals surface area contributed by atoms with Gasteiger partial charge >= 0.3 is 5.97 Å². The Bertz CT molecular complexity index is 1020. The minimum atomic E-state index is -4.01. The fraction of sp³-hybridized carbons (Fsp3) is 0. The maximum absolute atomic E-state index is 12.6. The Balaban J connectivity index is 2.11. The third kappa shape index (κ3) is 3.05. The van der Waals surface area contributed by atoms with E-state index < -0.39 is 16.0 Å². The first-order valence-corrected chi connectivity index (χ1v) is 9.16. The van der Waals surface area contributed by atoms with Gasteiger partial charge in [-0.25, -0.2) is 13.2 Å². The van der Waals surface area contributed by atoms with Crippen LogP contribution in [0.25, 0.3) is 11.0 Å². The van der Waals surface area contributed by atoms with Crippen LogP contribution in [0.5, 0.6) is 0 Å². The number of fused-ring (bicyclic) bond motifs is 1. The second-order valence-corrected chi connectivity index (χ2v) is 7.58. The van der Waals surface area contributed by atoms with E-state index >= 15 is 0 Å². The van der Waals surface area contributed by atoms with Gasteiger partial charge in [0.15, 0.2) is 0 Å². The summed E-state index contributed by atoms with van der Waals surface area (Å²) >= 11 is 4.10. The largest absolute Gasteiger partial charge is 0.478 e. The maximum Gasteiger partial charge on any atom is 0.337 e. The zero-order valence-electron chi connectivity index (χ0n) is 11.2. The lowest BCUT2D eigenvalue weighted by molar-refractivity contribution is 0.0698. The fourth-order valence-corrected chi connectivity index (χ4v) is 4.18. The number of hydrogen-bond donors (Lipinski definition) is 2. The molecule has 0 unspecified atom stereocenters. The summed E-state index contributed by atoms with van der Waals surface area (Å²) < 4.78 is 36.1. The third-order valence-corrected chi connectivity index (χ3v) is 5.43. The highest BCUT2D eigenvalue weighted by Gasteiger charge is 2.22. The molecule has 1 heterocycles. The standard InChI is InChI=1S/C13H8BrN3O4S2/c14-7-4-5-8(13(18)19)10(6-7)17-23(20,21)11-3-1-2-9-12(11)16-22-15-9/h1-6,17H,(H,18,19). The molecule has 2 aromatic carbocycles. The number of aromatic nitrogens is 2. The molecule has 1 aromatic heterocycles. The first-order valence-electron chi connectivity index (χ1n) is 6.15. The smallest absolute Gasteiger partial charge is 0.337 e. The highest BCUT2D eigenvalue weighted by molar-refractivity contribution is 9.10. The number of sulfonamides is 1. The summed E-state index contributed by atoms with van der Waals surface area (Å²) in [6, 6.07) is 8.82. The Morgan fingerprint density at radius 1 is 1.22 bits per heavy atom. The van der Waals surface area contributed by atoms with Crippen molar-refractivity contribution >= 4 is 60.4 Å². The monoisotopic (exact) mass is 413 g/mol. The van der Waals surface area contributed by atoms with Crippen LogP contribution in [0.1, 0.15) is 10.4 Å². The third-order valence-electron chi connectivity index (χ3n) is 2.99. The first kappa shape index (κ1) is 15.8. The fourth-order valence-electron chi connectivity index (χ4n) is 1.99. The van der Waals surface area contributed by atoms with Crippen LogP contribution >= 0.6 is 27.7 Å². The zero-order chi connectivity index (χ0) is 16.6. The van der Waals surface area contributed by atoms with E-state index in [1.165, 1.54) is 24.3 Å². The van der Waals surface area contributed by atoms with Gasteiger partial charge in [0.05, 0.1) is 23.0 Å². The van der Waals surface area contributed by atoms with Crippen molar-refractivity contribution in [2.45, 2.75) is 4.90 Å². The summed E-state index contributed by atoms with van der Waals surface area (Å²) in [5.74, 6) is -1.23. The molecular formula is C13H8BrN3O4S2. The Morgan fingerprint density at radius 2 is 2.00 bits per heavy atom. The highest BCUT2D eigenvalue weighted by Crippen LogP contribution is 2.27. The van der Waals surface area contributed by atoms with E-state index in [1.807, 2.05) is 0 Å². The Kier molecular flexibility index (Phi) is 4.04. The van der Waals surface area contributed by atoms with Crippen LogP contribution in [0.15, 0.2) is 45.8 Å². The van der Waals surface area contributed by atoms with Crippen molar-refractivity contribution in [2.75, 3.05) is 4.72 Å². The number of aromatic carboxylic acids is 1. The molecule has 2 N–H and O–H groups in total. The van der Waals surface area contributed by atoms with E-state index in [1.54, 1.807) is 12.1 Å². The number of carboxylic acids is 1. The lowest BCUT2D eigenvalue weighted by Crippen LogP contribution is -2.16. The molecule has 0 amide bonds. The van der Waals surface area contributed by atoms with Crippen LogP contribution in [0, 0.1) is 0 Å². The predicted molar refractivity (Wildman–Crippen MR) is 89.3 cm³/mol. The lowest BCUT2D eigenvalue weighted by Gasteiger charge is -2.11. The second kappa shape index (κ2) is 5.87. The van der Waals surface area contributed by atoms with Crippen molar-refractivity contribution < 1.29 is 18.3 Å². The molecule has 7 nitrogen and oxygen atoms in total. The topological polar surface area (TPSA) is 109 Å². The van der Waals surface area contributed by atoms with Crippen LogP contribution in [-0.2, 0) is 10.0 Å². The molecule has 0 aliphatic carbocycles. The number of carbonyl (C=O) groups is 1. The van der Waals surface area contributed by atoms with Crippen molar-refractivity contribution in [3.05, 3.63) is 46.4 Å². The molecule has 0 atom stereocenters. The van der Waals surface area contributed by atoms with E-state index in [4.69, 9.17) is 0 Å². The molecular weight excluding hydrogens is 406 g/mol. The molecule has 0 saturated heterocycles. The second-order valence-electron chi connectivity index (χ2n) is 4.49. The molecule has 0 bridgehead atoms. The summed E-state index contributed by atoms with van der Waals surface area (Å²) in [6.45, 7) is 0. The average molecular weight is 414 g/mol. The van der Waals surface area contributed by atoms with Gasteiger partial charge in [-0.05, 0) is 30.3 Å². The van der Waals surface area contributed by atoms with Crippen molar-refractivity contribution in [3.63, 3.8) is 0 Å². The van der Waals surface area contributed by atoms with Crippen molar-refractivity contribution in [1.29, 1.82) is 0 Å². The quantitative estimate of drug-likeness (QED) is 0.680. The van der Waals surface area contributed by atoms with Gasteiger partial charge in [0.1, 0.15) is 15.9 Å². The number of rotatable bonds is 4. The molecule has 0 radical (unpaired) electrons. The number of nitrogens with zero attached hydrogens (tertiary/aromatic N) is 2. The predicted octanol–water partition coefficient (Wildman–Crippen LogP) is 2.95. The van der Waals surface area contributed by atoms with E-state index in [0.717, 1.165) is 11.7 Å². The van der Waals surface area contributed by atoms with Gasteiger partial charge in [0.2, 0.25) is 0 Å². The number of nitrogens with one attached hydrogen (secondary N) is 1. The van der Waals surface area contributed by atoms with Gasteiger partial charge in [-0.15, -0.1) is 0 Å². The zero-order valence-corrected chi connectivity index (χ0v) is 14.4.